The number of esters is 1. The Balaban J connectivity index is 3.53. The van der Waals surface area contributed by atoms with Gasteiger partial charge in [-0.2, -0.15) is 0 Å². The first-order valence-corrected chi connectivity index (χ1v) is 4.98. The maximum Gasteiger partial charge on any atom is 0.325 e. The molecule has 0 heterocycles. The van der Waals surface area contributed by atoms with E-state index in [1.807, 2.05) is 6.92 Å². The number of ketones is 1. The molecule has 5 heteroatoms. The van der Waals surface area contributed by atoms with Crippen LogP contribution in [0.15, 0.2) is 0 Å². The van der Waals surface area contributed by atoms with E-state index in [-0.39, 0.29) is 18.7 Å². The molecule has 0 aromatic heterocycles. The molecule has 15 heavy (non-hydrogen) atoms. The van der Waals surface area contributed by atoms with Crippen molar-refractivity contribution >= 4 is 17.7 Å². The van der Waals surface area contributed by atoms with Gasteiger partial charge in [-0.1, -0.05) is 13.3 Å². The molecule has 86 valence electrons. The number of ether oxygens (including phenoxy) is 1. The first-order chi connectivity index (χ1) is 7.06. The van der Waals surface area contributed by atoms with Gasteiger partial charge in [0.1, 0.15) is 12.3 Å². The number of rotatable bonds is 7. The molecule has 0 aromatic rings. The van der Waals surface area contributed by atoms with Crippen LogP contribution in [0.25, 0.3) is 0 Å². The van der Waals surface area contributed by atoms with E-state index in [0.29, 0.717) is 6.61 Å². The summed E-state index contributed by atoms with van der Waals surface area (Å²) < 4.78 is 4.80. The minimum atomic E-state index is -0.472. The van der Waals surface area contributed by atoms with Gasteiger partial charge >= 0.3 is 5.97 Å². The summed E-state index contributed by atoms with van der Waals surface area (Å²) in [7, 11) is 0. The maximum atomic E-state index is 11.0. The normalized spacial score (nSPS) is 9.47. The Hall–Kier alpha value is -1.39. The standard InChI is InChI=1S/C10H17NO4/c1-3-4-5-15-10(14)7-11-9(13)6-8(2)12/h3-7H2,1-2H3,(H,11,13). The molecule has 5 nitrogen and oxygen atoms in total. The Labute approximate surface area is 89.2 Å². The fourth-order valence-corrected chi connectivity index (χ4v) is 0.841. The third-order valence-electron chi connectivity index (χ3n) is 1.60. The topological polar surface area (TPSA) is 72.5 Å². The maximum absolute atomic E-state index is 11.0. The summed E-state index contributed by atoms with van der Waals surface area (Å²) in [5.41, 5.74) is 0. The lowest BCUT2D eigenvalue weighted by molar-refractivity contribution is -0.144. The second-order valence-corrected chi connectivity index (χ2v) is 3.23. The monoisotopic (exact) mass is 215 g/mol. The number of hydrogen-bond donors (Lipinski definition) is 1. The zero-order valence-electron chi connectivity index (χ0n) is 9.17. The molecule has 0 aromatic carbocycles. The molecule has 0 aliphatic carbocycles. The number of Topliss-reactive ketones (excluding diaryl/α,β-unsaturated/α-hetero) is 1. The van der Waals surface area contributed by atoms with Crippen molar-refractivity contribution in [3.05, 3.63) is 0 Å². The minimum Gasteiger partial charge on any atom is -0.464 e. The lowest BCUT2D eigenvalue weighted by Crippen LogP contribution is -2.31. The van der Waals surface area contributed by atoms with Gasteiger partial charge in [-0.15, -0.1) is 0 Å². The first-order valence-electron chi connectivity index (χ1n) is 4.98. The van der Waals surface area contributed by atoms with Gasteiger partial charge in [0.05, 0.1) is 13.0 Å². The van der Waals surface area contributed by atoms with Crippen LogP contribution in [-0.2, 0) is 19.1 Å². The van der Waals surface area contributed by atoms with Crippen molar-refractivity contribution in [1.29, 1.82) is 0 Å². The molecule has 1 N–H and O–H groups in total. The van der Waals surface area contributed by atoms with Crippen molar-refractivity contribution in [2.45, 2.75) is 33.1 Å². The average Bonchev–Trinajstić information content (AvgIpc) is 2.14. The quantitative estimate of drug-likeness (QED) is 0.379. The Bertz CT molecular complexity index is 238. The largest absolute Gasteiger partial charge is 0.464 e. The van der Waals surface area contributed by atoms with E-state index in [9.17, 15) is 14.4 Å². The Morgan fingerprint density at radius 1 is 1.27 bits per heavy atom. The van der Waals surface area contributed by atoms with Gasteiger partial charge in [0.25, 0.3) is 0 Å². The van der Waals surface area contributed by atoms with Crippen LogP contribution >= 0.6 is 0 Å². The van der Waals surface area contributed by atoms with Crippen molar-refractivity contribution in [2.75, 3.05) is 13.2 Å². The van der Waals surface area contributed by atoms with E-state index in [4.69, 9.17) is 4.74 Å². The molecule has 0 aliphatic heterocycles. The molecule has 0 atom stereocenters. The number of nitrogens with one attached hydrogen (secondary N) is 1. The summed E-state index contributed by atoms with van der Waals surface area (Å²) in [5, 5.41) is 2.31. The van der Waals surface area contributed by atoms with Gasteiger partial charge in [-0.25, -0.2) is 0 Å². The van der Waals surface area contributed by atoms with E-state index in [1.165, 1.54) is 6.92 Å². The van der Waals surface area contributed by atoms with Gasteiger partial charge in [-0.05, 0) is 13.3 Å². The number of hydrogen-bond acceptors (Lipinski definition) is 4. The second kappa shape index (κ2) is 7.96. The number of unbranched alkanes of at least 4 members (excludes halogenated alkanes) is 1. The highest BCUT2D eigenvalue weighted by atomic mass is 16.5. The molecule has 0 unspecified atom stereocenters. The summed E-state index contributed by atoms with van der Waals surface area (Å²) in [6, 6.07) is 0. The van der Waals surface area contributed by atoms with Crippen LogP contribution < -0.4 is 5.32 Å². The molecule has 0 spiro atoms. The van der Waals surface area contributed by atoms with Crippen molar-refractivity contribution in [2.24, 2.45) is 0 Å². The fourth-order valence-electron chi connectivity index (χ4n) is 0.841. The Kier molecular flexibility index (Phi) is 7.23. The van der Waals surface area contributed by atoms with Gasteiger partial charge in [0.15, 0.2) is 0 Å². The Morgan fingerprint density at radius 2 is 1.93 bits per heavy atom. The van der Waals surface area contributed by atoms with Crippen molar-refractivity contribution in [1.82, 2.24) is 5.32 Å². The fraction of sp³-hybridized carbons (Fsp3) is 0.700. The number of carbonyl (C=O) groups excluding carboxylic acids is 3. The van der Waals surface area contributed by atoms with E-state index in [0.717, 1.165) is 12.8 Å². The zero-order chi connectivity index (χ0) is 11.7. The highest BCUT2D eigenvalue weighted by Gasteiger charge is 2.07. The predicted octanol–water partition coefficient (Wildman–Crippen LogP) is 0.425. The second-order valence-electron chi connectivity index (χ2n) is 3.23. The van der Waals surface area contributed by atoms with Crippen LogP contribution in [0.2, 0.25) is 0 Å². The molecule has 0 bridgehead atoms. The van der Waals surface area contributed by atoms with Crippen LogP contribution in [0.4, 0.5) is 0 Å². The van der Waals surface area contributed by atoms with E-state index >= 15 is 0 Å². The third kappa shape index (κ3) is 8.93. The highest BCUT2D eigenvalue weighted by Crippen LogP contribution is 1.88. The molecular formula is C10H17NO4. The van der Waals surface area contributed by atoms with E-state index in [2.05, 4.69) is 5.32 Å². The summed E-state index contributed by atoms with van der Waals surface area (Å²) in [6.07, 6.45) is 1.57. The third-order valence-corrected chi connectivity index (χ3v) is 1.60. The molecule has 0 aliphatic rings. The first kappa shape index (κ1) is 13.6. The molecule has 1 amide bonds. The highest BCUT2D eigenvalue weighted by molar-refractivity contribution is 5.97. The van der Waals surface area contributed by atoms with Crippen LogP contribution in [0, 0.1) is 0 Å². The Morgan fingerprint density at radius 3 is 2.47 bits per heavy atom. The molecule has 0 saturated carbocycles. The van der Waals surface area contributed by atoms with Gasteiger partial charge < -0.3 is 10.1 Å². The summed E-state index contributed by atoms with van der Waals surface area (Å²) >= 11 is 0. The van der Waals surface area contributed by atoms with Gasteiger partial charge in [0, 0.05) is 0 Å². The molecular weight excluding hydrogens is 198 g/mol. The van der Waals surface area contributed by atoms with Crippen LogP contribution in [0.3, 0.4) is 0 Å². The number of carbonyl (C=O) groups is 3. The number of amides is 1. The SMILES string of the molecule is CCCCOC(=O)CNC(=O)CC(C)=O. The smallest absolute Gasteiger partial charge is 0.325 e. The van der Waals surface area contributed by atoms with E-state index in [1.54, 1.807) is 0 Å². The van der Waals surface area contributed by atoms with Gasteiger partial charge in [0.2, 0.25) is 5.91 Å². The van der Waals surface area contributed by atoms with Crippen LogP contribution in [-0.4, -0.2) is 30.8 Å². The predicted molar refractivity (Wildman–Crippen MR) is 54.2 cm³/mol. The van der Waals surface area contributed by atoms with Crippen molar-refractivity contribution in [3.8, 4) is 0 Å². The van der Waals surface area contributed by atoms with Crippen LogP contribution in [0.1, 0.15) is 33.1 Å². The van der Waals surface area contributed by atoms with E-state index < -0.39 is 11.9 Å². The molecule has 0 fully saturated rings. The average molecular weight is 215 g/mol. The summed E-state index contributed by atoms with van der Waals surface area (Å²) in [5.74, 6) is -1.15. The molecule has 0 rings (SSSR count). The molecule has 0 radical (unpaired) electrons. The van der Waals surface area contributed by atoms with Crippen molar-refractivity contribution in [3.63, 3.8) is 0 Å². The summed E-state index contributed by atoms with van der Waals surface area (Å²) in [6.45, 7) is 3.51. The lowest BCUT2D eigenvalue weighted by Gasteiger charge is -2.04. The molecule has 0 saturated heterocycles. The van der Waals surface area contributed by atoms with Crippen LogP contribution in [0.5, 0.6) is 0 Å². The zero-order valence-corrected chi connectivity index (χ0v) is 9.17. The lowest BCUT2D eigenvalue weighted by atomic mass is 10.3. The minimum absolute atomic E-state index is 0.171. The van der Waals surface area contributed by atoms with Crippen molar-refractivity contribution < 1.29 is 19.1 Å². The van der Waals surface area contributed by atoms with Gasteiger partial charge in [-0.3, -0.25) is 14.4 Å². The summed E-state index contributed by atoms with van der Waals surface area (Å²) in [4.78, 5) is 32.5.